The van der Waals surface area contributed by atoms with Crippen molar-refractivity contribution in [2.75, 3.05) is 24.3 Å². The number of hydrogen-bond donors (Lipinski definition) is 3. The first-order chi connectivity index (χ1) is 10.1. The molecule has 0 bridgehead atoms. The predicted octanol–water partition coefficient (Wildman–Crippen LogP) is 1.68. The lowest BCUT2D eigenvalue weighted by Crippen LogP contribution is -2.49. The zero-order valence-corrected chi connectivity index (χ0v) is 13.6. The number of carbonyl (C=O) groups excluding carboxylic acids is 2. The molecule has 0 unspecified atom stereocenters. The van der Waals surface area contributed by atoms with Gasteiger partial charge in [0.05, 0.1) is 0 Å². The lowest BCUT2D eigenvalue weighted by Gasteiger charge is -2.16. The molecule has 0 aromatic heterocycles. The smallest absolute Gasteiger partial charge is 0.312 e. The van der Waals surface area contributed by atoms with E-state index in [-0.39, 0.29) is 5.91 Å². The van der Waals surface area contributed by atoms with Crippen molar-refractivity contribution in [3.63, 3.8) is 0 Å². The number of hydrogen-bond acceptors (Lipinski definition) is 4. The summed E-state index contributed by atoms with van der Waals surface area (Å²) < 4.78 is 0. The summed E-state index contributed by atoms with van der Waals surface area (Å²) in [6.45, 7) is 0.550. The van der Waals surface area contributed by atoms with Crippen LogP contribution in [0.25, 0.3) is 0 Å². The van der Waals surface area contributed by atoms with E-state index < -0.39 is 12.1 Å². The number of urea groups is 1. The normalized spacial score (nSPS) is 11.7. The van der Waals surface area contributed by atoms with Crippen LogP contribution in [0.15, 0.2) is 35.2 Å². The van der Waals surface area contributed by atoms with E-state index in [9.17, 15) is 9.59 Å². The predicted molar refractivity (Wildman–Crippen MR) is 89.7 cm³/mol. The van der Waals surface area contributed by atoms with Crippen LogP contribution in [0.3, 0.4) is 0 Å². The van der Waals surface area contributed by atoms with Gasteiger partial charge in [-0.3, -0.25) is 4.79 Å². The van der Waals surface area contributed by atoms with Gasteiger partial charge in [0, 0.05) is 17.2 Å². The molecule has 5 nitrogen and oxygen atoms in total. The second-order valence-electron chi connectivity index (χ2n) is 4.30. The molecular weight excluding hydrogens is 306 g/mol. The number of nitrogens with two attached hydrogens (primary N) is 1. The molecule has 1 aromatic rings. The Hall–Kier alpha value is -1.34. The Labute approximate surface area is 133 Å². The summed E-state index contributed by atoms with van der Waals surface area (Å²) in [7, 11) is 0. The topological polar surface area (TPSA) is 84.2 Å². The van der Waals surface area contributed by atoms with E-state index in [4.69, 9.17) is 5.73 Å². The summed E-state index contributed by atoms with van der Waals surface area (Å²) in [5, 5.41) is 5.31. The van der Waals surface area contributed by atoms with E-state index >= 15 is 0 Å². The van der Waals surface area contributed by atoms with Crippen molar-refractivity contribution in [3.05, 3.63) is 30.3 Å². The van der Waals surface area contributed by atoms with Crippen LogP contribution in [-0.4, -0.2) is 42.3 Å². The van der Waals surface area contributed by atoms with Crippen LogP contribution in [-0.2, 0) is 4.79 Å². The molecule has 7 heteroatoms. The molecular formula is C14H21N3O2S2. The molecule has 4 N–H and O–H groups in total. The average Bonchev–Trinajstić information content (AvgIpc) is 2.48. The Kier molecular flexibility index (Phi) is 8.77. The molecule has 1 rings (SSSR count). The molecule has 1 atom stereocenters. The Bertz CT molecular complexity index is 443. The van der Waals surface area contributed by atoms with E-state index in [0.29, 0.717) is 13.0 Å². The second-order valence-corrected chi connectivity index (χ2v) is 6.45. The fourth-order valence-electron chi connectivity index (χ4n) is 1.66. The lowest BCUT2D eigenvalue weighted by atomic mass is 10.2. The van der Waals surface area contributed by atoms with Crippen molar-refractivity contribution in [2.45, 2.75) is 17.4 Å². The average molecular weight is 327 g/mol. The molecule has 0 spiro atoms. The molecule has 0 aliphatic rings. The van der Waals surface area contributed by atoms with E-state index in [1.807, 2.05) is 36.6 Å². The number of benzene rings is 1. The van der Waals surface area contributed by atoms with Crippen molar-refractivity contribution < 1.29 is 9.59 Å². The van der Waals surface area contributed by atoms with E-state index in [1.54, 1.807) is 23.5 Å². The zero-order chi connectivity index (χ0) is 15.5. The van der Waals surface area contributed by atoms with Gasteiger partial charge in [0.15, 0.2) is 0 Å². The van der Waals surface area contributed by atoms with Gasteiger partial charge in [0.2, 0.25) is 5.91 Å². The quantitative estimate of drug-likeness (QED) is 0.476. The second kappa shape index (κ2) is 10.4. The summed E-state index contributed by atoms with van der Waals surface area (Å²) in [4.78, 5) is 24.1. The maximum atomic E-state index is 12.0. The minimum atomic E-state index is -0.671. The van der Waals surface area contributed by atoms with Gasteiger partial charge in [-0.2, -0.15) is 11.8 Å². The third-order valence-electron chi connectivity index (χ3n) is 2.66. The monoisotopic (exact) mass is 327 g/mol. The van der Waals surface area contributed by atoms with Gasteiger partial charge >= 0.3 is 6.03 Å². The van der Waals surface area contributed by atoms with Gasteiger partial charge in [-0.15, -0.1) is 11.8 Å². The van der Waals surface area contributed by atoms with Crippen molar-refractivity contribution in [1.29, 1.82) is 0 Å². The van der Waals surface area contributed by atoms with Gasteiger partial charge in [-0.1, -0.05) is 18.2 Å². The molecule has 0 saturated carbocycles. The molecule has 3 amide bonds. The third-order valence-corrected chi connectivity index (χ3v) is 4.31. The maximum absolute atomic E-state index is 12.0. The number of thioether (sulfide) groups is 2. The molecule has 1 aromatic carbocycles. The van der Waals surface area contributed by atoms with Crippen molar-refractivity contribution in [3.8, 4) is 0 Å². The van der Waals surface area contributed by atoms with Gasteiger partial charge in [-0.25, -0.2) is 4.79 Å². The highest BCUT2D eigenvalue weighted by Crippen LogP contribution is 2.15. The first kappa shape index (κ1) is 17.7. The first-order valence-electron chi connectivity index (χ1n) is 6.64. The van der Waals surface area contributed by atoms with Gasteiger partial charge < -0.3 is 16.4 Å². The standard InChI is InChI=1S/C14H21N3O2S2/c1-20-9-7-12(17-14(15)19)13(18)16-8-10-21-11-5-3-2-4-6-11/h2-6,12H,7-10H2,1H3,(H,16,18)(H3,15,17,19)/t12-/m1/s1. The number of nitrogens with one attached hydrogen (secondary N) is 2. The molecule has 0 aliphatic carbocycles. The van der Waals surface area contributed by atoms with Crippen molar-refractivity contribution >= 4 is 35.5 Å². The minimum Gasteiger partial charge on any atom is -0.353 e. The molecule has 0 fully saturated rings. The largest absolute Gasteiger partial charge is 0.353 e. The molecule has 21 heavy (non-hydrogen) atoms. The van der Waals surface area contributed by atoms with E-state index in [0.717, 1.165) is 11.5 Å². The number of primary amides is 1. The zero-order valence-electron chi connectivity index (χ0n) is 12.0. The summed E-state index contributed by atoms with van der Waals surface area (Å²) in [6, 6.07) is 8.76. The molecule has 0 saturated heterocycles. The molecule has 116 valence electrons. The van der Waals surface area contributed by atoms with Crippen LogP contribution in [0.2, 0.25) is 0 Å². The van der Waals surface area contributed by atoms with Crippen LogP contribution >= 0.6 is 23.5 Å². The Morgan fingerprint density at radius 3 is 2.57 bits per heavy atom. The third kappa shape index (κ3) is 7.87. The van der Waals surface area contributed by atoms with Crippen LogP contribution in [0.1, 0.15) is 6.42 Å². The van der Waals surface area contributed by atoms with Gasteiger partial charge in [0.25, 0.3) is 0 Å². The van der Waals surface area contributed by atoms with Crippen LogP contribution < -0.4 is 16.4 Å². The SMILES string of the molecule is CSCC[C@@H](NC(N)=O)C(=O)NCCSc1ccccc1. The van der Waals surface area contributed by atoms with E-state index in [1.165, 1.54) is 4.90 Å². The van der Waals surface area contributed by atoms with E-state index in [2.05, 4.69) is 10.6 Å². The van der Waals surface area contributed by atoms with Gasteiger partial charge in [-0.05, 0) is 30.6 Å². The fraction of sp³-hybridized carbons (Fsp3) is 0.429. The number of amides is 3. The fourth-order valence-corrected chi connectivity index (χ4v) is 2.92. The number of carbonyl (C=O) groups is 2. The highest BCUT2D eigenvalue weighted by atomic mass is 32.2. The minimum absolute atomic E-state index is 0.184. The van der Waals surface area contributed by atoms with Crippen LogP contribution in [0.5, 0.6) is 0 Å². The Morgan fingerprint density at radius 2 is 1.95 bits per heavy atom. The molecule has 0 radical (unpaired) electrons. The summed E-state index contributed by atoms with van der Waals surface area (Å²) in [6.07, 6.45) is 2.53. The van der Waals surface area contributed by atoms with Crippen LogP contribution in [0, 0.1) is 0 Å². The van der Waals surface area contributed by atoms with Gasteiger partial charge in [0.1, 0.15) is 6.04 Å². The summed E-state index contributed by atoms with van der Waals surface area (Å²) >= 11 is 3.30. The summed E-state index contributed by atoms with van der Waals surface area (Å²) in [5.74, 6) is 1.38. The summed E-state index contributed by atoms with van der Waals surface area (Å²) in [5.41, 5.74) is 5.09. The van der Waals surface area contributed by atoms with Crippen molar-refractivity contribution in [2.24, 2.45) is 5.73 Å². The van der Waals surface area contributed by atoms with Crippen molar-refractivity contribution in [1.82, 2.24) is 10.6 Å². The first-order valence-corrected chi connectivity index (χ1v) is 9.02. The Morgan fingerprint density at radius 1 is 1.24 bits per heavy atom. The Balaban J connectivity index is 2.30. The van der Waals surface area contributed by atoms with Crippen LogP contribution in [0.4, 0.5) is 4.79 Å². The highest BCUT2D eigenvalue weighted by Gasteiger charge is 2.18. The lowest BCUT2D eigenvalue weighted by molar-refractivity contribution is -0.122. The highest BCUT2D eigenvalue weighted by molar-refractivity contribution is 7.99. The maximum Gasteiger partial charge on any atom is 0.312 e. The molecule has 0 heterocycles. The number of rotatable bonds is 9. The molecule has 0 aliphatic heterocycles.